The summed E-state index contributed by atoms with van der Waals surface area (Å²) >= 11 is 0. The minimum absolute atomic E-state index is 0. The maximum atomic E-state index is 9.26. The summed E-state index contributed by atoms with van der Waals surface area (Å²) in [5.41, 5.74) is 5.84. The van der Waals surface area contributed by atoms with Crippen molar-refractivity contribution in [1.29, 1.82) is 0 Å². The van der Waals surface area contributed by atoms with E-state index in [9.17, 15) is 9.90 Å². The number of aliphatic carboxylic acids is 1. The fourth-order valence-electron chi connectivity index (χ4n) is 1.57. The number of carboxylic acids is 1. The van der Waals surface area contributed by atoms with Crippen molar-refractivity contribution in [3.05, 3.63) is 0 Å². The van der Waals surface area contributed by atoms with Crippen molar-refractivity contribution >= 4 is 5.97 Å². The summed E-state index contributed by atoms with van der Waals surface area (Å²) in [6.07, 6.45) is 12.2. The molecule has 0 fully saturated rings. The number of carbonyl (C=O) groups excluding carboxylic acids is 1. The Morgan fingerprint density at radius 2 is 1.42 bits per heavy atom. The number of rotatable bonds is 10. The normalized spacial score (nSPS) is 10.9. The molecule has 0 bridgehead atoms. The van der Waals surface area contributed by atoms with Crippen molar-refractivity contribution in [1.82, 2.24) is 0 Å². The Balaban J connectivity index is -0.000000366. The zero-order valence-corrected chi connectivity index (χ0v) is 15.5. The Hall–Kier alpha value is 0.430. The summed E-state index contributed by atoms with van der Waals surface area (Å²) in [6.45, 7) is 5.97. The standard InChI is InChI=1S/C12H27N.C3H6O2.Na/c1-3-5-6-7-8-9-10-11-12(13)4-2;1-2-3(4)5;/h12H,3-11,13H2,1-2H3;2H2,1H3,(H,4,5);/q;;+1/p-1. The van der Waals surface area contributed by atoms with Crippen LogP contribution in [0.25, 0.3) is 0 Å². The molecule has 0 aromatic rings. The van der Waals surface area contributed by atoms with Gasteiger partial charge < -0.3 is 15.6 Å². The third kappa shape index (κ3) is 27.6. The first-order valence-electron chi connectivity index (χ1n) is 7.53. The van der Waals surface area contributed by atoms with Crippen LogP contribution in [0.2, 0.25) is 0 Å². The topological polar surface area (TPSA) is 66.1 Å². The molecule has 3 nitrogen and oxygen atoms in total. The molecular weight excluding hydrogens is 249 g/mol. The number of hydrogen-bond donors (Lipinski definition) is 1. The molecule has 0 radical (unpaired) electrons. The maximum absolute atomic E-state index is 9.26. The minimum atomic E-state index is -0.995. The molecule has 2 N–H and O–H groups in total. The molecule has 0 saturated carbocycles. The molecule has 1 unspecified atom stereocenters. The van der Waals surface area contributed by atoms with E-state index in [2.05, 4.69) is 13.8 Å². The van der Waals surface area contributed by atoms with E-state index in [0.29, 0.717) is 6.04 Å². The van der Waals surface area contributed by atoms with Gasteiger partial charge in [-0.25, -0.2) is 0 Å². The first-order valence-corrected chi connectivity index (χ1v) is 7.53. The van der Waals surface area contributed by atoms with Crippen LogP contribution in [0.1, 0.15) is 85.0 Å². The summed E-state index contributed by atoms with van der Waals surface area (Å²) in [5, 5.41) is 9.26. The summed E-state index contributed by atoms with van der Waals surface area (Å²) in [7, 11) is 0. The summed E-state index contributed by atoms with van der Waals surface area (Å²) in [6, 6.07) is 0.454. The van der Waals surface area contributed by atoms with E-state index >= 15 is 0 Å². The zero-order valence-electron chi connectivity index (χ0n) is 13.5. The van der Waals surface area contributed by atoms with Crippen molar-refractivity contribution < 1.29 is 39.5 Å². The van der Waals surface area contributed by atoms with Crippen LogP contribution in [0.15, 0.2) is 0 Å². The number of carbonyl (C=O) groups is 1. The average molecular weight is 281 g/mol. The molecule has 0 saturated heterocycles. The second-order valence-corrected chi connectivity index (χ2v) is 4.80. The smallest absolute Gasteiger partial charge is 0.550 e. The van der Waals surface area contributed by atoms with Crippen LogP contribution < -0.4 is 40.4 Å². The number of carboxylic acid groups (broad SMARTS) is 1. The van der Waals surface area contributed by atoms with Crippen molar-refractivity contribution in [2.75, 3.05) is 0 Å². The Morgan fingerprint density at radius 1 is 1.00 bits per heavy atom. The van der Waals surface area contributed by atoms with E-state index in [-0.39, 0.29) is 36.0 Å². The number of unbranched alkanes of at least 4 members (excludes halogenated alkanes) is 6. The van der Waals surface area contributed by atoms with Gasteiger partial charge in [0.1, 0.15) is 0 Å². The van der Waals surface area contributed by atoms with E-state index in [4.69, 9.17) is 5.73 Å². The molecule has 4 heteroatoms. The largest absolute Gasteiger partial charge is 1.00 e. The summed E-state index contributed by atoms with van der Waals surface area (Å²) in [5.74, 6) is -0.995. The van der Waals surface area contributed by atoms with Gasteiger partial charge >= 0.3 is 29.6 Å². The van der Waals surface area contributed by atoms with Gasteiger partial charge in [-0.2, -0.15) is 0 Å². The van der Waals surface area contributed by atoms with E-state index in [1.54, 1.807) is 0 Å². The van der Waals surface area contributed by atoms with Crippen molar-refractivity contribution in [2.45, 2.75) is 91.0 Å². The molecule has 110 valence electrons. The average Bonchev–Trinajstić information content (AvgIpc) is 2.38. The van der Waals surface area contributed by atoms with Gasteiger partial charge in [-0.15, -0.1) is 0 Å². The van der Waals surface area contributed by atoms with Gasteiger partial charge in [0, 0.05) is 12.0 Å². The number of nitrogens with two attached hydrogens (primary N) is 1. The van der Waals surface area contributed by atoms with Gasteiger partial charge in [0.2, 0.25) is 0 Å². The van der Waals surface area contributed by atoms with Crippen LogP contribution in [0.3, 0.4) is 0 Å². The molecule has 0 aliphatic carbocycles. The molecular formula is C15H32NNaO2. The van der Waals surface area contributed by atoms with Crippen LogP contribution >= 0.6 is 0 Å². The van der Waals surface area contributed by atoms with Gasteiger partial charge in [0.15, 0.2) is 0 Å². The molecule has 0 aliphatic rings. The van der Waals surface area contributed by atoms with Gasteiger partial charge in [-0.3, -0.25) is 0 Å². The Labute approximate surface area is 142 Å². The Morgan fingerprint density at radius 3 is 1.79 bits per heavy atom. The van der Waals surface area contributed by atoms with Gasteiger partial charge in [-0.1, -0.05) is 65.7 Å². The van der Waals surface area contributed by atoms with Gasteiger partial charge in [0.05, 0.1) is 0 Å². The molecule has 0 heterocycles. The van der Waals surface area contributed by atoms with Crippen LogP contribution in [0.4, 0.5) is 0 Å². The second-order valence-electron chi connectivity index (χ2n) is 4.80. The molecule has 0 rings (SSSR count). The monoisotopic (exact) mass is 281 g/mol. The van der Waals surface area contributed by atoms with Crippen LogP contribution in [-0.2, 0) is 4.79 Å². The van der Waals surface area contributed by atoms with E-state index in [1.165, 1.54) is 58.3 Å². The summed E-state index contributed by atoms with van der Waals surface area (Å²) in [4.78, 5) is 9.26. The fourth-order valence-corrected chi connectivity index (χ4v) is 1.57. The van der Waals surface area contributed by atoms with Crippen LogP contribution in [-0.4, -0.2) is 12.0 Å². The van der Waals surface area contributed by atoms with Crippen LogP contribution in [0.5, 0.6) is 0 Å². The predicted octanol–water partition coefficient (Wildman–Crippen LogP) is 0.0147. The third-order valence-corrected chi connectivity index (χ3v) is 2.99. The molecule has 0 spiro atoms. The number of hydrogen-bond acceptors (Lipinski definition) is 3. The molecule has 0 amide bonds. The van der Waals surface area contributed by atoms with E-state index < -0.39 is 5.97 Å². The maximum Gasteiger partial charge on any atom is 1.00 e. The van der Waals surface area contributed by atoms with Crippen molar-refractivity contribution in [3.63, 3.8) is 0 Å². The molecule has 0 aliphatic heterocycles. The molecule has 1 atom stereocenters. The van der Waals surface area contributed by atoms with Gasteiger partial charge in [0.25, 0.3) is 0 Å². The third-order valence-electron chi connectivity index (χ3n) is 2.99. The quantitative estimate of drug-likeness (QED) is 0.453. The first kappa shape index (κ1) is 24.4. The van der Waals surface area contributed by atoms with E-state index in [1.807, 2.05) is 0 Å². The Bertz CT molecular complexity index is 178. The Kier molecular flexibility index (Phi) is 26.7. The predicted molar refractivity (Wildman–Crippen MR) is 76.2 cm³/mol. The zero-order chi connectivity index (χ0) is 14.2. The van der Waals surface area contributed by atoms with Crippen molar-refractivity contribution in [3.8, 4) is 0 Å². The van der Waals surface area contributed by atoms with Crippen molar-refractivity contribution in [2.24, 2.45) is 5.73 Å². The fraction of sp³-hybridized carbons (Fsp3) is 0.933. The van der Waals surface area contributed by atoms with Crippen LogP contribution in [0, 0.1) is 0 Å². The van der Waals surface area contributed by atoms with Gasteiger partial charge in [-0.05, 0) is 19.3 Å². The molecule has 0 aromatic heterocycles. The molecule has 0 aromatic carbocycles. The first-order chi connectivity index (χ1) is 8.58. The van der Waals surface area contributed by atoms with E-state index in [0.717, 1.165) is 6.42 Å². The minimum Gasteiger partial charge on any atom is -0.550 e. The summed E-state index contributed by atoms with van der Waals surface area (Å²) < 4.78 is 0. The molecule has 19 heavy (non-hydrogen) atoms. The second kappa shape index (κ2) is 20.7. The SMILES string of the molecule is CCC(=O)[O-].CCCCCCCCCC(N)CC.[Na+].